The van der Waals surface area contributed by atoms with Crippen molar-refractivity contribution in [2.75, 3.05) is 0 Å². The third-order valence-electron chi connectivity index (χ3n) is 6.33. The molecule has 16 heteroatoms. The zero-order valence-corrected chi connectivity index (χ0v) is 18.9. The highest BCUT2D eigenvalue weighted by molar-refractivity contribution is 5.74. The first kappa shape index (κ1) is 23.9. The normalized spacial score (nSPS) is 17.9. The molecule has 2 N–H and O–H groups in total. The number of nitrogens with one attached hydrogen (secondary N) is 2. The fraction of sp³-hybridized carbons (Fsp3) is 0.273. The Balaban J connectivity index is 1.42. The summed E-state index contributed by atoms with van der Waals surface area (Å²) in [5.41, 5.74) is 0.00424. The maximum atomic E-state index is 13.5. The van der Waals surface area contributed by atoms with Crippen LogP contribution in [0.15, 0.2) is 52.6 Å². The summed E-state index contributed by atoms with van der Waals surface area (Å²) in [6, 6.07) is 4.42. The SMILES string of the molecule is O=c1[nH]cc(-c2cc([C@H]3C[C@@H]3c3ccc4c[n+](C(F)(F)F)n(CC(F)(F)F)c4n3)c3nccn3n2)c(=O)[nH]1. The Morgan fingerprint density at radius 2 is 1.87 bits per heavy atom. The molecular formula is C22H15F6N8O2+. The number of aromatic amines is 2. The maximum Gasteiger partial charge on any atom is 0.660 e. The number of imidazole rings is 1. The number of fused-ring (bicyclic) bond motifs is 2. The van der Waals surface area contributed by atoms with Gasteiger partial charge in [-0.2, -0.15) is 18.3 Å². The van der Waals surface area contributed by atoms with Gasteiger partial charge in [-0.15, -0.1) is 17.9 Å². The number of aromatic nitrogens is 8. The van der Waals surface area contributed by atoms with E-state index in [0.717, 1.165) is 0 Å². The molecule has 1 fully saturated rings. The van der Waals surface area contributed by atoms with Crippen LogP contribution in [0.1, 0.15) is 29.5 Å². The summed E-state index contributed by atoms with van der Waals surface area (Å²) < 4.78 is 80.8. The second-order valence-corrected chi connectivity index (χ2v) is 8.88. The van der Waals surface area contributed by atoms with E-state index in [2.05, 4.69) is 25.0 Å². The summed E-state index contributed by atoms with van der Waals surface area (Å²) in [4.78, 5) is 36.7. The smallest absolute Gasteiger partial charge is 0.313 e. The van der Waals surface area contributed by atoms with Crippen molar-refractivity contribution in [3.63, 3.8) is 0 Å². The van der Waals surface area contributed by atoms with E-state index in [1.54, 1.807) is 12.3 Å². The van der Waals surface area contributed by atoms with Gasteiger partial charge in [0, 0.05) is 35.8 Å². The van der Waals surface area contributed by atoms with Gasteiger partial charge in [0.05, 0.1) is 16.6 Å². The first-order valence-electron chi connectivity index (χ1n) is 11.1. The molecule has 0 unspecified atom stereocenters. The quantitative estimate of drug-likeness (QED) is 0.270. The minimum absolute atomic E-state index is 0.0655. The largest absolute Gasteiger partial charge is 0.660 e. The van der Waals surface area contributed by atoms with Crippen LogP contribution in [0.5, 0.6) is 0 Å². The number of halogens is 6. The van der Waals surface area contributed by atoms with Crippen molar-refractivity contribution in [3.8, 4) is 11.3 Å². The second kappa shape index (κ2) is 8.00. The van der Waals surface area contributed by atoms with Gasteiger partial charge in [0.2, 0.25) is 11.8 Å². The number of hydrogen-bond donors (Lipinski definition) is 2. The van der Waals surface area contributed by atoms with Crippen molar-refractivity contribution in [3.05, 3.63) is 75.1 Å². The van der Waals surface area contributed by atoms with E-state index in [1.165, 1.54) is 29.0 Å². The first-order chi connectivity index (χ1) is 17.9. The van der Waals surface area contributed by atoms with Gasteiger partial charge < -0.3 is 4.98 Å². The number of nitrogens with zero attached hydrogens (tertiary/aromatic N) is 6. The molecule has 0 amide bonds. The maximum absolute atomic E-state index is 13.5. The van der Waals surface area contributed by atoms with Crippen LogP contribution in [-0.2, 0) is 12.8 Å². The number of hydrogen-bond acceptors (Lipinski definition) is 5. The molecule has 1 saturated carbocycles. The summed E-state index contributed by atoms with van der Waals surface area (Å²) >= 11 is 0. The molecule has 1 aliphatic carbocycles. The van der Waals surface area contributed by atoms with Crippen LogP contribution < -0.4 is 15.9 Å². The molecule has 5 heterocycles. The lowest BCUT2D eigenvalue weighted by molar-refractivity contribution is -0.910. The number of pyridine rings is 1. The Bertz CT molecular complexity index is 1830. The van der Waals surface area contributed by atoms with E-state index >= 15 is 0 Å². The van der Waals surface area contributed by atoms with Crippen molar-refractivity contribution in [2.24, 2.45) is 0 Å². The summed E-state index contributed by atoms with van der Waals surface area (Å²) in [6.45, 7) is -1.86. The molecule has 6 rings (SSSR count). The Morgan fingerprint density at radius 1 is 1.08 bits per heavy atom. The topological polar surface area (TPSA) is 118 Å². The summed E-state index contributed by atoms with van der Waals surface area (Å²) in [6.07, 6.45) is -4.64. The predicted octanol–water partition coefficient (Wildman–Crippen LogP) is 2.72. The molecule has 1 aliphatic rings. The average molecular weight is 537 g/mol. The van der Waals surface area contributed by atoms with Crippen LogP contribution in [0, 0.1) is 0 Å². The highest BCUT2D eigenvalue weighted by Crippen LogP contribution is 2.55. The molecule has 0 radical (unpaired) electrons. The van der Waals surface area contributed by atoms with E-state index in [1.807, 2.05) is 0 Å². The van der Waals surface area contributed by atoms with Gasteiger partial charge in [-0.05, 0) is 35.2 Å². The van der Waals surface area contributed by atoms with Gasteiger partial charge in [-0.3, -0.25) is 9.78 Å². The summed E-state index contributed by atoms with van der Waals surface area (Å²) in [5, 5.41) is 4.26. The van der Waals surface area contributed by atoms with Gasteiger partial charge in [0.25, 0.3) is 5.56 Å². The lowest BCUT2D eigenvalue weighted by Crippen LogP contribution is -2.55. The highest BCUT2D eigenvalue weighted by Gasteiger charge is 2.49. The third kappa shape index (κ3) is 4.10. The van der Waals surface area contributed by atoms with Gasteiger partial charge in [0.15, 0.2) is 12.2 Å². The van der Waals surface area contributed by atoms with Crippen LogP contribution >= 0.6 is 0 Å². The molecule has 10 nitrogen and oxygen atoms in total. The van der Waals surface area contributed by atoms with Crippen molar-refractivity contribution in [2.45, 2.75) is 37.3 Å². The average Bonchev–Trinajstić information content (AvgIpc) is 3.32. The van der Waals surface area contributed by atoms with Crippen molar-refractivity contribution >= 4 is 16.7 Å². The van der Waals surface area contributed by atoms with Crippen LogP contribution in [0.4, 0.5) is 26.3 Å². The molecule has 5 aromatic rings. The van der Waals surface area contributed by atoms with Crippen LogP contribution in [0.25, 0.3) is 27.9 Å². The van der Waals surface area contributed by atoms with Crippen LogP contribution in [0.3, 0.4) is 0 Å². The van der Waals surface area contributed by atoms with Gasteiger partial charge in [-0.25, -0.2) is 19.3 Å². The standard InChI is InChI=1S/C22H14F6N8O2/c23-21(24,25)9-35-17-10(8-36(35)22(26,27)28)1-2-15(31-17)12-5-11(12)13-6-16(33-34-4-3-29-18(13)34)14-7-30-20(38)32-19(14)37/h1-4,6-8,11-12H,5,9H2,(H-,30,32,33,37,38)/p+1/t11-,12-/m0/s1. The van der Waals surface area contributed by atoms with E-state index < -0.39 is 40.6 Å². The van der Waals surface area contributed by atoms with Crippen LogP contribution in [0.2, 0.25) is 0 Å². The first-order valence-corrected chi connectivity index (χ1v) is 11.1. The van der Waals surface area contributed by atoms with Gasteiger partial charge in [0.1, 0.15) is 0 Å². The Kier molecular flexibility index (Phi) is 5.02. The number of alkyl halides is 6. The van der Waals surface area contributed by atoms with Crippen molar-refractivity contribution in [1.29, 1.82) is 0 Å². The minimum Gasteiger partial charge on any atom is -0.313 e. The monoisotopic (exact) mass is 537 g/mol. The molecule has 0 aromatic carbocycles. The Morgan fingerprint density at radius 3 is 2.58 bits per heavy atom. The molecule has 5 aromatic heterocycles. The van der Waals surface area contributed by atoms with Crippen LogP contribution in [-0.4, -0.2) is 40.4 Å². The number of rotatable bonds is 4. The van der Waals surface area contributed by atoms with E-state index in [9.17, 15) is 35.9 Å². The third-order valence-corrected chi connectivity index (χ3v) is 6.33. The molecule has 38 heavy (non-hydrogen) atoms. The summed E-state index contributed by atoms with van der Waals surface area (Å²) in [5.74, 6) is -0.563. The van der Waals surface area contributed by atoms with E-state index in [-0.39, 0.29) is 33.2 Å². The van der Waals surface area contributed by atoms with E-state index in [0.29, 0.717) is 29.5 Å². The molecule has 0 spiro atoms. The lowest BCUT2D eigenvalue weighted by Gasteiger charge is -2.09. The highest BCUT2D eigenvalue weighted by atomic mass is 19.4. The Hall–Kier alpha value is -4.50. The lowest BCUT2D eigenvalue weighted by atomic mass is 10.1. The fourth-order valence-corrected chi connectivity index (χ4v) is 4.63. The fourth-order valence-electron chi connectivity index (χ4n) is 4.63. The molecule has 0 aliphatic heterocycles. The molecule has 0 saturated heterocycles. The minimum atomic E-state index is -5.08. The molecule has 196 valence electrons. The van der Waals surface area contributed by atoms with E-state index in [4.69, 9.17) is 0 Å². The zero-order valence-electron chi connectivity index (χ0n) is 18.9. The molecule has 2 atom stereocenters. The Labute approximate surface area is 206 Å². The van der Waals surface area contributed by atoms with Gasteiger partial charge in [-0.1, -0.05) is 0 Å². The summed E-state index contributed by atoms with van der Waals surface area (Å²) in [7, 11) is 0. The van der Waals surface area contributed by atoms with Crippen molar-refractivity contribution in [1.82, 2.24) is 34.2 Å². The zero-order chi connectivity index (χ0) is 27.0. The van der Waals surface area contributed by atoms with Gasteiger partial charge >= 0.3 is 18.2 Å². The van der Waals surface area contributed by atoms with Crippen molar-refractivity contribution < 1.29 is 31.0 Å². The molecule has 0 bridgehead atoms. The number of H-pyrrole nitrogens is 2. The second-order valence-electron chi connectivity index (χ2n) is 8.88. The predicted molar refractivity (Wildman–Crippen MR) is 117 cm³/mol. The molecular weight excluding hydrogens is 522 g/mol.